The second kappa shape index (κ2) is 6.89. The summed E-state index contributed by atoms with van der Waals surface area (Å²) in [5.41, 5.74) is 5.22. The molecule has 0 aliphatic heterocycles. The van der Waals surface area contributed by atoms with Crippen LogP contribution in [0.3, 0.4) is 0 Å². The fraction of sp³-hybridized carbons (Fsp3) is 0.133. The molecular formula is C15H11ClF2N4O3S. The van der Waals surface area contributed by atoms with Crippen molar-refractivity contribution < 1.29 is 23.1 Å². The van der Waals surface area contributed by atoms with Crippen LogP contribution in [0.1, 0.15) is 20.2 Å². The largest absolute Gasteiger partial charge is 0.434 e. The van der Waals surface area contributed by atoms with E-state index in [-0.39, 0.29) is 32.4 Å². The first kappa shape index (κ1) is 18.1. The van der Waals surface area contributed by atoms with Crippen molar-refractivity contribution in [3.8, 4) is 5.75 Å². The van der Waals surface area contributed by atoms with Crippen LogP contribution in [-0.2, 0) is 7.05 Å². The second-order valence-electron chi connectivity index (χ2n) is 5.14. The highest BCUT2D eigenvalue weighted by atomic mass is 35.5. The van der Waals surface area contributed by atoms with Gasteiger partial charge in [0, 0.05) is 17.9 Å². The number of primary amides is 1. The van der Waals surface area contributed by atoms with Gasteiger partial charge in [-0.3, -0.25) is 14.3 Å². The average molecular weight is 401 g/mol. The lowest BCUT2D eigenvalue weighted by atomic mass is 10.2. The number of carbonyl (C=O) groups is 2. The summed E-state index contributed by atoms with van der Waals surface area (Å²) in [6, 6.07) is 4.47. The molecule has 3 N–H and O–H groups in total. The van der Waals surface area contributed by atoms with Crippen molar-refractivity contribution in [3.63, 3.8) is 0 Å². The number of ether oxygens (including phenoxy) is 1. The number of fused-ring (bicyclic) bond motifs is 1. The maximum atomic E-state index is 12.6. The van der Waals surface area contributed by atoms with E-state index in [1.807, 2.05) is 0 Å². The Balaban J connectivity index is 1.99. The highest BCUT2D eigenvalue weighted by Crippen LogP contribution is 2.41. The molecule has 0 radical (unpaired) electrons. The predicted molar refractivity (Wildman–Crippen MR) is 93.1 cm³/mol. The van der Waals surface area contributed by atoms with Crippen LogP contribution in [0.2, 0.25) is 5.02 Å². The Kier molecular flexibility index (Phi) is 4.79. The number of nitrogens with zero attached hydrogens (tertiary/aromatic N) is 2. The van der Waals surface area contributed by atoms with E-state index in [4.69, 9.17) is 17.3 Å². The third kappa shape index (κ3) is 3.33. The second-order valence-corrected chi connectivity index (χ2v) is 6.57. The van der Waals surface area contributed by atoms with Crippen LogP contribution in [-0.4, -0.2) is 28.2 Å². The lowest BCUT2D eigenvalue weighted by Crippen LogP contribution is -2.17. The van der Waals surface area contributed by atoms with Gasteiger partial charge >= 0.3 is 6.61 Å². The molecule has 1 aromatic carbocycles. The number of hydrogen-bond acceptors (Lipinski definition) is 5. The number of aryl methyl sites for hydroxylation is 1. The monoisotopic (exact) mass is 400 g/mol. The first-order valence-electron chi connectivity index (χ1n) is 7.08. The number of halogens is 3. The SMILES string of the molecule is Cn1cc(NC(=O)c2sc3cccc(OC(F)F)c3c2Cl)c(C(N)=O)n1. The quantitative estimate of drug-likeness (QED) is 0.686. The highest BCUT2D eigenvalue weighted by Gasteiger charge is 2.23. The summed E-state index contributed by atoms with van der Waals surface area (Å²) in [5, 5.41) is 6.56. The van der Waals surface area contributed by atoms with Crippen LogP contribution in [0.4, 0.5) is 14.5 Å². The topological polar surface area (TPSA) is 99.2 Å². The molecule has 136 valence electrons. The van der Waals surface area contributed by atoms with Crippen molar-refractivity contribution in [3.05, 3.63) is 40.0 Å². The molecule has 2 amide bonds. The Labute approximate surface area is 154 Å². The van der Waals surface area contributed by atoms with E-state index in [0.29, 0.717) is 4.70 Å². The summed E-state index contributed by atoms with van der Waals surface area (Å²) in [4.78, 5) is 24.0. The molecule has 7 nitrogen and oxygen atoms in total. The standard InChI is InChI=1S/C15H11ClF2N4O3S/c1-22-5-6(11(21-22)13(19)23)20-14(24)12-10(16)9-7(25-15(17)18)3-2-4-8(9)26-12/h2-5,15H,1H3,(H2,19,23)(H,20,24). The summed E-state index contributed by atoms with van der Waals surface area (Å²) in [6.07, 6.45) is 1.41. The Hall–Kier alpha value is -2.72. The summed E-state index contributed by atoms with van der Waals surface area (Å²) in [5.74, 6) is -1.57. The number of aromatic nitrogens is 2. The number of rotatable bonds is 5. The first-order valence-corrected chi connectivity index (χ1v) is 8.28. The van der Waals surface area contributed by atoms with Crippen molar-refractivity contribution in [2.24, 2.45) is 12.8 Å². The fourth-order valence-electron chi connectivity index (χ4n) is 2.36. The van der Waals surface area contributed by atoms with E-state index in [1.54, 1.807) is 13.1 Å². The molecule has 0 spiro atoms. The average Bonchev–Trinajstić information content (AvgIpc) is 3.08. The summed E-state index contributed by atoms with van der Waals surface area (Å²) in [6.45, 7) is -3.03. The van der Waals surface area contributed by atoms with Crippen molar-refractivity contribution >= 4 is 50.5 Å². The number of amides is 2. The molecule has 2 aromatic heterocycles. The molecule has 0 saturated heterocycles. The Bertz CT molecular complexity index is 1020. The number of alkyl halides is 2. The molecular weight excluding hydrogens is 390 g/mol. The van der Waals surface area contributed by atoms with Crippen LogP contribution in [0.5, 0.6) is 5.75 Å². The molecule has 2 heterocycles. The number of nitrogens with one attached hydrogen (secondary N) is 1. The summed E-state index contributed by atoms with van der Waals surface area (Å²) in [7, 11) is 1.56. The Morgan fingerprint density at radius 1 is 1.42 bits per heavy atom. The van der Waals surface area contributed by atoms with E-state index in [2.05, 4.69) is 15.2 Å². The summed E-state index contributed by atoms with van der Waals surface area (Å²) >= 11 is 7.23. The Morgan fingerprint density at radius 3 is 2.81 bits per heavy atom. The number of nitrogens with two attached hydrogens (primary N) is 1. The molecule has 0 bridgehead atoms. The number of thiophene rings is 1. The van der Waals surface area contributed by atoms with E-state index in [1.165, 1.54) is 23.0 Å². The molecule has 0 fully saturated rings. The van der Waals surface area contributed by atoms with Crippen molar-refractivity contribution in [1.29, 1.82) is 0 Å². The van der Waals surface area contributed by atoms with Gasteiger partial charge in [-0.1, -0.05) is 17.7 Å². The van der Waals surface area contributed by atoms with Gasteiger partial charge in [0.1, 0.15) is 10.6 Å². The number of hydrogen-bond donors (Lipinski definition) is 2. The summed E-state index contributed by atoms with van der Waals surface area (Å²) < 4.78 is 31.4. The van der Waals surface area contributed by atoms with Gasteiger partial charge in [-0.05, 0) is 12.1 Å². The van der Waals surface area contributed by atoms with Crippen molar-refractivity contribution in [2.45, 2.75) is 6.61 Å². The minimum Gasteiger partial charge on any atom is -0.434 e. The van der Waals surface area contributed by atoms with Gasteiger partial charge in [-0.15, -0.1) is 11.3 Å². The number of carbonyl (C=O) groups excluding carboxylic acids is 2. The van der Waals surface area contributed by atoms with E-state index < -0.39 is 18.4 Å². The molecule has 3 rings (SSSR count). The van der Waals surface area contributed by atoms with Gasteiger partial charge in [0.2, 0.25) is 0 Å². The predicted octanol–water partition coefficient (Wildman–Crippen LogP) is 3.24. The van der Waals surface area contributed by atoms with Gasteiger partial charge < -0.3 is 15.8 Å². The molecule has 26 heavy (non-hydrogen) atoms. The van der Waals surface area contributed by atoms with E-state index in [9.17, 15) is 18.4 Å². The molecule has 0 aliphatic carbocycles. The van der Waals surface area contributed by atoms with Crippen molar-refractivity contribution in [2.75, 3.05) is 5.32 Å². The van der Waals surface area contributed by atoms with Crippen LogP contribution in [0.15, 0.2) is 24.4 Å². The zero-order valence-electron chi connectivity index (χ0n) is 13.1. The maximum Gasteiger partial charge on any atom is 0.387 e. The number of anilines is 1. The zero-order valence-corrected chi connectivity index (χ0v) is 14.7. The molecule has 11 heteroatoms. The van der Waals surface area contributed by atoms with Crippen LogP contribution in [0, 0.1) is 0 Å². The van der Waals surface area contributed by atoms with E-state index in [0.717, 1.165) is 11.3 Å². The molecule has 0 unspecified atom stereocenters. The van der Waals surface area contributed by atoms with Gasteiger partial charge in [-0.2, -0.15) is 13.9 Å². The normalized spacial score (nSPS) is 11.1. The minimum atomic E-state index is -3.03. The zero-order chi connectivity index (χ0) is 19.0. The third-order valence-electron chi connectivity index (χ3n) is 3.35. The van der Waals surface area contributed by atoms with Gasteiger partial charge in [-0.25, -0.2) is 0 Å². The number of benzene rings is 1. The first-order chi connectivity index (χ1) is 12.3. The fourth-order valence-corrected chi connectivity index (χ4v) is 3.82. The van der Waals surface area contributed by atoms with Crippen LogP contribution >= 0.6 is 22.9 Å². The van der Waals surface area contributed by atoms with E-state index >= 15 is 0 Å². The van der Waals surface area contributed by atoms with Gasteiger partial charge in [0.25, 0.3) is 11.8 Å². The Morgan fingerprint density at radius 2 is 2.15 bits per heavy atom. The van der Waals surface area contributed by atoms with Gasteiger partial charge in [0.15, 0.2) is 5.69 Å². The lowest BCUT2D eigenvalue weighted by Gasteiger charge is -2.06. The molecule has 0 atom stereocenters. The maximum absolute atomic E-state index is 12.6. The highest BCUT2D eigenvalue weighted by molar-refractivity contribution is 7.21. The molecule has 3 aromatic rings. The molecule has 0 aliphatic rings. The minimum absolute atomic E-state index is 0.0248. The van der Waals surface area contributed by atoms with Crippen LogP contribution < -0.4 is 15.8 Å². The van der Waals surface area contributed by atoms with Crippen LogP contribution in [0.25, 0.3) is 10.1 Å². The lowest BCUT2D eigenvalue weighted by molar-refractivity contribution is -0.0487. The van der Waals surface area contributed by atoms with Crippen molar-refractivity contribution in [1.82, 2.24) is 9.78 Å². The van der Waals surface area contributed by atoms with Gasteiger partial charge in [0.05, 0.1) is 16.1 Å². The molecule has 0 saturated carbocycles. The smallest absolute Gasteiger partial charge is 0.387 e. The third-order valence-corrected chi connectivity index (χ3v) is 5.00.